The van der Waals surface area contributed by atoms with Gasteiger partial charge in [0.25, 0.3) is 0 Å². The third-order valence-corrected chi connectivity index (χ3v) is 7.53. The van der Waals surface area contributed by atoms with Crippen molar-refractivity contribution < 1.29 is 46.1 Å². The molecule has 0 saturated carbocycles. The summed E-state index contributed by atoms with van der Waals surface area (Å²) in [5, 5.41) is 11.4. The molecular weight excluding hydrogens is 493 g/mol. The molecule has 0 spiro atoms. The smallest absolute Gasteiger partial charge is 0.494 e. The lowest BCUT2D eigenvalue weighted by molar-refractivity contribution is -0.149. The highest BCUT2D eigenvalue weighted by Crippen LogP contribution is 2.39. The Morgan fingerprint density at radius 2 is 1.63 bits per heavy atom. The molecule has 0 aromatic heterocycles. The molecule has 1 aromatic rings. The van der Waals surface area contributed by atoms with Crippen LogP contribution in [0.15, 0.2) is 12.1 Å². The van der Waals surface area contributed by atoms with Crippen molar-refractivity contribution in [2.24, 2.45) is 0 Å². The molecule has 1 fully saturated rings. The summed E-state index contributed by atoms with van der Waals surface area (Å²) in [5.41, 5.74) is -7.53. The Hall–Kier alpha value is -1.38. The zero-order valence-electron chi connectivity index (χ0n) is 21.1. The van der Waals surface area contributed by atoms with Gasteiger partial charge < -0.3 is 23.7 Å². The third-order valence-electron chi connectivity index (χ3n) is 5.89. The van der Waals surface area contributed by atoms with Crippen LogP contribution in [-0.4, -0.2) is 45.3 Å². The normalized spacial score (nSPS) is 20.5. The fourth-order valence-corrected chi connectivity index (χ4v) is 3.98. The van der Waals surface area contributed by atoms with Gasteiger partial charge in [0, 0.05) is 16.9 Å². The fourth-order valence-electron chi connectivity index (χ4n) is 3.18. The van der Waals surface area contributed by atoms with E-state index in [2.05, 4.69) is 4.72 Å². The summed E-state index contributed by atoms with van der Waals surface area (Å²) in [6.45, 7) is 12.7. The van der Waals surface area contributed by atoms with E-state index in [9.17, 15) is 27.6 Å². The van der Waals surface area contributed by atoms with Crippen LogP contribution in [0.3, 0.4) is 0 Å². The van der Waals surface area contributed by atoms with Crippen LogP contribution < -0.4 is 10.2 Å². The van der Waals surface area contributed by atoms with Crippen LogP contribution in [0.4, 0.5) is 17.6 Å². The first kappa shape index (κ1) is 29.9. The molecule has 1 aliphatic rings. The Kier molecular flexibility index (Phi) is 8.38. The Labute approximate surface area is 206 Å². The van der Waals surface area contributed by atoms with Gasteiger partial charge in [-0.3, -0.25) is 4.79 Å². The van der Waals surface area contributed by atoms with Gasteiger partial charge >= 0.3 is 19.3 Å². The molecule has 198 valence electrons. The second kappa shape index (κ2) is 9.83. The highest BCUT2D eigenvalue weighted by molar-refractivity contribution is 7.90. The van der Waals surface area contributed by atoms with Crippen molar-refractivity contribution in [1.29, 1.82) is 0 Å². The van der Waals surface area contributed by atoms with E-state index in [1.165, 1.54) is 27.7 Å². The second-order valence-electron chi connectivity index (χ2n) is 10.3. The van der Waals surface area contributed by atoms with Crippen molar-refractivity contribution in [3.8, 4) is 0 Å². The molecule has 35 heavy (non-hydrogen) atoms. The zero-order chi connectivity index (χ0) is 27.2. The molecule has 7 nitrogen and oxygen atoms in total. The summed E-state index contributed by atoms with van der Waals surface area (Å²) >= 11 is -2.12. The van der Waals surface area contributed by atoms with E-state index in [0.29, 0.717) is 6.07 Å². The van der Waals surface area contributed by atoms with Gasteiger partial charge in [0.1, 0.15) is 10.6 Å². The van der Waals surface area contributed by atoms with E-state index in [-0.39, 0.29) is 12.1 Å². The molecule has 0 bridgehead atoms. The number of rotatable bonds is 7. The predicted molar refractivity (Wildman–Crippen MR) is 123 cm³/mol. The molecule has 0 radical (unpaired) electrons. The average molecular weight is 525 g/mol. The average Bonchev–Trinajstić information content (AvgIpc) is 2.87. The van der Waals surface area contributed by atoms with E-state index < -0.39 is 75.7 Å². The maximum atomic E-state index is 15.4. The summed E-state index contributed by atoms with van der Waals surface area (Å²) in [7, 11) is -1.33. The highest BCUT2D eigenvalue weighted by atomic mass is 32.2. The van der Waals surface area contributed by atoms with Crippen molar-refractivity contribution in [2.75, 3.05) is 6.61 Å². The number of aliphatic hydroxyl groups is 1. The van der Waals surface area contributed by atoms with Gasteiger partial charge in [0.2, 0.25) is 0 Å². The summed E-state index contributed by atoms with van der Waals surface area (Å²) in [6.07, 6.45) is -6.17. The van der Waals surface area contributed by atoms with Crippen LogP contribution >= 0.6 is 0 Å². The number of carbonyl (C=O) groups is 1. The first-order valence-corrected chi connectivity index (χ1v) is 12.1. The van der Waals surface area contributed by atoms with Gasteiger partial charge in [0.15, 0.2) is 5.72 Å². The Morgan fingerprint density at radius 1 is 1.14 bits per heavy atom. The van der Waals surface area contributed by atoms with Gasteiger partial charge in [-0.15, -0.1) is 4.72 Å². The standard InChI is InChI=1S/C22H32BF4NO6S/c1-9-32-16(29)12-21(30,28-35(31)18(2,3)4)14-10-13(11-15(17(14)24)22(25,26)27)23-33-19(5,6)20(7,8)34-23/h10-11,28,30H,9,12H2,1-8H3/t21-,35-/m1/s1. The molecule has 2 N–H and O–H groups in total. The molecule has 1 heterocycles. The van der Waals surface area contributed by atoms with Gasteiger partial charge in [-0.2, -0.15) is 13.2 Å². The highest BCUT2D eigenvalue weighted by Gasteiger charge is 2.53. The molecule has 13 heteroatoms. The van der Waals surface area contributed by atoms with Crippen molar-refractivity contribution in [1.82, 2.24) is 4.72 Å². The number of benzene rings is 1. The monoisotopic (exact) mass is 525 g/mol. The molecule has 0 amide bonds. The Bertz CT molecular complexity index is 937. The molecule has 1 aliphatic heterocycles. The van der Waals surface area contributed by atoms with Crippen LogP contribution in [0.25, 0.3) is 0 Å². The zero-order valence-corrected chi connectivity index (χ0v) is 21.9. The Balaban J connectivity index is 2.74. The number of alkyl halides is 3. The SMILES string of the molecule is CCOC(=O)C[C@](O)(N[S@+]([O-])C(C)(C)C)c1cc(B2OC(C)(C)C(C)(C)O2)cc(C(F)(F)F)c1F. The molecule has 0 aliphatic carbocycles. The summed E-state index contributed by atoms with van der Waals surface area (Å²) in [6, 6.07) is 1.45. The third kappa shape index (κ3) is 6.50. The van der Waals surface area contributed by atoms with Gasteiger partial charge in [-0.1, -0.05) is 6.07 Å². The summed E-state index contributed by atoms with van der Waals surface area (Å²) in [5.74, 6) is -2.87. The van der Waals surface area contributed by atoms with E-state index in [1.54, 1.807) is 27.7 Å². The Morgan fingerprint density at radius 3 is 2.06 bits per heavy atom. The van der Waals surface area contributed by atoms with Crippen molar-refractivity contribution in [2.45, 2.75) is 89.7 Å². The van der Waals surface area contributed by atoms with Crippen molar-refractivity contribution in [3.63, 3.8) is 0 Å². The minimum Gasteiger partial charge on any atom is -0.598 e. The number of esters is 1. The lowest BCUT2D eigenvalue weighted by atomic mass is 9.76. The fraction of sp³-hybridized carbons (Fsp3) is 0.682. The number of halogens is 4. The first-order valence-electron chi connectivity index (χ1n) is 11.0. The minimum atomic E-state index is -5.16. The minimum absolute atomic E-state index is 0.0957. The van der Waals surface area contributed by atoms with E-state index in [0.717, 1.165) is 6.07 Å². The van der Waals surface area contributed by atoms with E-state index >= 15 is 4.39 Å². The van der Waals surface area contributed by atoms with Crippen LogP contribution in [0.2, 0.25) is 0 Å². The second-order valence-corrected chi connectivity index (χ2v) is 12.3. The number of hydrogen-bond donors (Lipinski definition) is 2. The van der Waals surface area contributed by atoms with Gasteiger partial charge in [-0.25, -0.2) is 4.39 Å². The number of ether oxygens (including phenoxy) is 1. The summed E-state index contributed by atoms with van der Waals surface area (Å²) in [4.78, 5) is 12.3. The lowest BCUT2D eigenvalue weighted by Gasteiger charge is -2.34. The summed E-state index contributed by atoms with van der Waals surface area (Å²) < 4.78 is 87.4. The molecule has 2 rings (SSSR count). The largest absolute Gasteiger partial charge is 0.598 e. The molecule has 1 aromatic carbocycles. The maximum Gasteiger partial charge on any atom is 0.494 e. The molecular formula is C22H32BF4NO6S. The van der Waals surface area contributed by atoms with E-state index in [1.807, 2.05) is 0 Å². The van der Waals surface area contributed by atoms with Gasteiger partial charge in [0.05, 0.1) is 29.8 Å². The molecule has 2 atom stereocenters. The van der Waals surface area contributed by atoms with Crippen molar-refractivity contribution in [3.05, 3.63) is 29.1 Å². The van der Waals surface area contributed by atoms with E-state index in [4.69, 9.17) is 14.0 Å². The number of nitrogens with one attached hydrogen (secondary N) is 1. The van der Waals surface area contributed by atoms with Gasteiger partial charge in [-0.05, 0) is 66.9 Å². The number of carbonyl (C=O) groups excluding carboxylic acids is 1. The van der Waals surface area contributed by atoms with Crippen LogP contribution in [0.5, 0.6) is 0 Å². The molecule has 1 saturated heterocycles. The predicted octanol–water partition coefficient (Wildman–Crippen LogP) is 3.29. The lowest BCUT2D eigenvalue weighted by Crippen LogP contribution is -2.53. The van der Waals surface area contributed by atoms with Crippen LogP contribution in [0, 0.1) is 5.82 Å². The first-order chi connectivity index (χ1) is 15.6. The molecule has 0 unspecified atom stereocenters. The topological polar surface area (TPSA) is 100 Å². The van der Waals surface area contributed by atoms with Crippen LogP contribution in [-0.2, 0) is 42.1 Å². The van der Waals surface area contributed by atoms with Crippen molar-refractivity contribution >= 4 is 29.9 Å². The maximum absolute atomic E-state index is 15.4. The van der Waals surface area contributed by atoms with Crippen LogP contribution in [0.1, 0.15) is 72.9 Å². The number of hydrogen-bond acceptors (Lipinski definition) is 7. The quantitative estimate of drug-likeness (QED) is 0.185.